The predicted molar refractivity (Wildman–Crippen MR) is 71.5 cm³/mol. The van der Waals surface area contributed by atoms with Crippen LogP contribution in [0.3, 0.4) is 0 Å². The lowest BCUT2D eigenvalue weighted by Crippen LogP contribution is -2.48. The van der Waals surface area contributed by atoms with Gasteiger partial charge in [-0.15, -0.1) is 0 Å². The minimum Gasteiger partial charge on any atom is -0.394 e. The van der Waals surface area contributed by atoms with Crippen molar-refractivity contribution in [3.05, 3.63) is 34.3 Å². The molecule has 0 aliphatic carbocycles. The fourth-order valence-electron chi connectivity index (χ4n) is 1.98. The lowest BCUT2D eigenvalue weighted by atomic mass is 9.87. The van der Waals surface area contributed by atoms with Crippen LogP contribution in [0.4, 0.5) is 0 Å². The minimum atomic E-state index is -0.335. The molecule has 2 N–H and O–H groups in total. The van der Waals surface area contributed by atoms with Crippen LogP contribution in [0.15, 0.2) is 28.7 Å². The first-order valence-electron chi connectivity index (χ1n) is 5.68. The van der Waals surface area contributed by atoms with E-state index >= 15 is 0 Å². The molecule has 0 bridgehead atoms. The zero-order valence-corrected chi connectivity index (χ0v) is 11.7. The number of benzene rings is 1. The van der Waals surface area contributed by atoms with Gasteiger partial charge in [0.25, 0.3) is 0 Å². The van der Waals surface area contributed by atoms with E-state index in [1.165, 1.54) is 0 Å². The molecule has 0 saturated carbocycles. The summed E-state index contributed by atoms with van der Waals surface area (Å²) in [6.07, 6.45) is 0.859. The molecule has 0 amide bonds. The zero-order chi connectivity index (χ0) is 12.2. The van der Waals surface area contributed by atoms with E-state index in [1.807, 2.05) is 12.1 Å². The molecule has 0 fully saturated rings. The van der Waals surface area contributed by atoms with Crippen LogP contribution < -0.4 is 5.32 Å². The van der Waals surface area contributed by atoms with E-state index < -0.39 is 0 Å². The molecular weight excluding hydrogens is 266 g/mol. The Morgan fingerprint density at radius 3 is 2.56 bits per heavy atom. The molecule has 0 heterocycles. The van der Waals surface area contributed by atoms with Crippen LogP contribution in [0.2, 0.25) is 0 Å². The number of hydrogen-bond acceptors (Lipinski definition) is 2. The largest absolute Gasteiger partial charge is 0.394 e. The molecule has 0 saturated heterocycles. The molecule has 0 spiro atoms. The first-order valence-corrected chi connectivity index (χ1v) is 6.48. The van der Waals surface area contributed by atoms with E-state index in [9.17, 15) is 5.11 Å². The lowest BCUT2D eigenvalue weighted by molar-refractivity contribution is 0.146. The van der Waals surface area contributed by atoms with E-state index in [0.29, 0.717) is 6.04 Å². The third kappa shape index (κ3) is 3.06. The Labute approximate surface area is 106 Å². The molecule has 0 aromatic heterocycles. The predicted octanol–water partition coefficient (Wildman–Crippen LogP) is 3.04. The van der Waals surface area contributed by atoms with Crippen molar-refractivity contribution in [2.24, 2.45) is 0 Å². The quantitative estimate of drug-likeness (QED) is 0.872. The van der Waals surface area contributed by atoms with E-state index in [1.54, 1.807) is 0 Å². The maximum absolute atomic E-state index is 9.69. The zero-order valence-electron chi connectivity index (χ0n) is 10.1. The third-order valence-electron chi connectivity index (χ3n) is 2.82. The fourth-order valence-corrected chi connectivity index (χ4v) is 2.38. The van der Waals surface area contributed by atoms with Crippen LogP contribution in [-0.4, -0.2) is 17.8 Å². The van der Waals surface area contributed by atoms with Crippen molar-refractivity contribution in [3.8, 4) is 0 Å². The van der Waals surface area contributed by atoms with Crippen molar-refractivity contribution in [2.45, 2.75) is 38.8 Å². The summed E-state index contributed by atoms with van der Waals surface area (Å²) in [6, 6.07) is 8.46. The molecule has 1 unspecified atom stereocenters. The van der Waals surface area contributed by atoms with E-state index in [2.05, 4.69) is 54.2 Å². The van der Waals surface area contributed by atoms with E-state index in [4.69, 9.17) is 0 Å². The smallest absolute Gasteiger partial charge is 0.0668 e. The third-order valence-corrected chi connectivity index (χ3v) is 3.31. The fraction of sp³-hybridized carbons (Fsp3) is 0.538. The Hall–Kier alpha value is -0.380. The average molecular weight is 286 g/mol. The summed E-state index contributed by atoms with van der Waals surface area (Å²) in [5.74, 6) is 0. The summed E-state index contributed by atoms with van der Waals surface area (Å²) in [7, 11) is 0. The number of hydrogen-bond donors (Lipinski definition) is 2. The van der Waals surface area contributed by atoms with Crippen molar-refractivity contribution in [1.82, 2.24) is 5.32 Å². The van der Waals surface area contributed by atoms with Crippen LogP contribution in [0, 0.1) is 0 Å². The first kappa shape index (κ1) is 13.7. The Morgan fingerprint density at radius 1 is 1.44 bits per heavy atom. The minimum absolute atomic E-state index is 0.109. The summed E-state index contributed by atoms with van der Waals surface area (Å²) >= 11 is 3.47. The van der Waals surface area contributed by atoms with Gasteiger partial charge in [0.1, 0.15) is 0 Å². The normalized spacial score (nSPS) is 15.1. The second-order valence-electron chi connectivity index (χ2n) is 4.40. The number of nitrogens with one attached hydrogen (secondary N) is 1. The SMILES string of the molecule is CCC(CO)(NC(C)C)c1cccc(Br)c1. The average Bonchev–Trinajstić information content (AvgIpc) is 2.25. The Bertz CT molecular complexity index is 334. The second-order valence-corrected chi connectivity index (χ2v) is 5.32. The van der Waals surface area contributed by atoms with Gasteiger partial charge in [-0.2, -0.15) is 0 Å². The van der Waals surface area contributed by atoms with Crippen molar-refractivity contribution in [1.29, 1.82) is 0 Å². The van der Waals surface area contributed by atoms with Gasteiger partial charge in [-0.25, -0.2) is 0 Å². The van der Waals surface area contributed by atoms with Gasteiger partial charge in [0.2, 0.25) is 0 Å². The van der Waals surface area contributed by atoms with Gasteiger partial charge in [0.05, 0.1) is 12.1 Å². The van der Waals surface area contributed by atoms with Gasteiger partial charge < -0.3 is 10.4 Å². The molecule has 1 atom stereocenters. The standard InChI is InChI=1S/C13H20BrNO/c1-4-13(9-16,15-10(2)3)11-6-5-7-12(14)8-11/h5-8,10,15-16H,4,9H2,1-3H3. The highest BCUT2D eigenvalue weighted by Gasteiger charge is 2.29. The van der Waals surface area contributed by atoms with Crippen LogP contribution in [-0.2, 0) is 5.54 Å². The maximum atomic E-state index is 9.69. The van der Waals surface area contributed by atoms with Gasteiger partial charge in [0, 0.05) is 10.5 Å². The first-order chi connectivity index (χ1) is 7.54. The maximum Gasteiger partial charge on any atom is 0.0668 e. The van der Waals surface area contributed by atoms with Crippen molar-refractivity contribution in [2.75, 3.05) is 6.61 Å². The molecule has 1 aromatic carbocycles. The van der Waals surface area contributed by atoms with Crippen LogP contribution in [0.1, 0.15) is 32.8 Å². The molecule has 0 aliphatic rings. The van der Waals surface area contributed by atoms with Crippen molar-refractivity contribution in [3.63, 3.8) is 0 Å². The molecule has 2 nitrogen and oxygen atoms in total. The molecule has 0 radical (unpaired) electrons. The van der Waals surface area contributed by atoms with Crippen LogP contribution >= 0.6 is 15.9 Å². The van der Waals surface area contributed by atoms with Crippen LogP contribution in [0.25, 0.3) is 0 Å². The van der Waals surface area contributed by atoms with Gasteiger partial charge in [-0.05, 0) is 38.0 Å². The van der Waals surface area contributed by atoms with Gasteiger partial charge in [-0.3, -0.25) is 0 Å². The number of rotatable bonds is 5. The molecular formula is C13H20BrNO. The van der Waals surface area contributed by atoms with Crippen molar-refractivity contribution >= 4 is 15.9 Å². The molecule has 1 rings (SSSR count). The second kappa shape index (κ2) is 5.80. The number of aliphatic hydroxyl groups is 1. The van der Waals surface area contributed by atoms with Gasteiger partial charge >= 0.3 is 0 Å². The molecule has 3 heteroatoms. The van der Waals surface area contributed by atoms with Gasteiger partial charge in [0.15, 0.2) is 0 Å². The van der Waals surface area contributed by atoms with Crippen LogP contribution in [0.5, 0.6) is 0 Å². The summed E-state index contributed by atoms with van der Waals surface area (Å²) in [4.78, 5) is 0. The number of halogens is 1. The van der Waals surface area contributed by atoms with E-state index in [-0.39, 0.29) is 12.1 Å². The Balaban J connectivity index is 3.09. The highest BCUT2D eigenvalue weighted by Crippen LogP contribution is 2.27. The molecule has 90 valence electrons. The van der Waals surface area contributed by atoms with E-state index in [0.717, 1.165) is 16.5 Å². The lowest BCUT2D eigenvalue weighted by Gasteiger charge is -2.35. The molecule has 1 aromatic rings. The summed E-state index contributed by atoms with van der Waals surface area (Å²) in [6.45, 7) is 6.39. The summed E-state index contributed by atoms with van der Waals surface area (Å²) in [5.41, 5.74) is 0.790. The summed E-state index contributed by atoms with van der Waals surface area (Å²) in [5, 5.41) is 13.2. The molecule has 16 heavy (non-hydrogen) atoms. The molecule has 0 aliphatic heterocycles. The Morgan fingerprint density at radius 2 is 2.12 bits per heavy atom. The topological polar surface area (TPSA) is 32.3 Å². The monoisotopic (exact) mass is 285 g/mol. The number of aliphatic hydroxyl groups excluding tert-OH is 1. The Kier molecular flexibility index (Phi) is 4.96. The highest BCUT2D eigenvalue weighted by atomic mass is 79.9. The van der Waals surface area contributed by atoms with Gasteiger partial charge in [-0.1, -0.05) is 35.0 Å². The highest BCUT2D eigenvalue weighted by molar-refractivity contribution is 9.10. The van der Waals surface area contributed by atoms with Crippen molar-refractivity contribution < 1.29 is 5.11 Å². The summed E-state index contributed by atoms with van der Waals surface area (Å²) < 4.78 is 1.04.